The summed E-state index contributed by atoms with van der Waals surface area (Å²) in [6.45, 7) is 2.06. The van der Waals surface area contributed by atoms with Crippen LogP contribution < -0.4 is 15.8 Å². The Balaban J connectivity index is 1.33. The number of benzene rings is 2. The summed E-state index contributed by atoms with van der Waals surface area (Å²) in [6.07, 6.45) is 0.0797. The van der Waals surface area contributed by atoms with Gasteiger partial charge in [0.25, 0.3) is 11.5 Å². The lowest BCUT2D eigenvalue weighted by Gasteiger charge is -2.36. The first kappa shape index (κ1) is 22.2. The van der Waals surface area contributed by atoms with Crippen LogP contribution in [-0.4, -0.2) is 52.7 Å². The van der Waals surface area contributed by atoms with E-state index in [9.17, 15) is 18.8 Å². The SMILES string of the molecule is O=C(Nc1ccccc1)c1ccc(=O)n(CCC(=O)N2CCN(c3ccccc3F)CC2)n1. The van der Waals surface area contributed by atoms with E-state index in [-0.39, 0.29) is 35.9 Å². The van der Waals surface area contributed by atoms with Crippen LogP contribution in [0.15, 0.2) is 71.5 Å². The summed E-state index contributed by atoms with van der Waals surface area (Å²) in [5, 5.41) is 6.84. The van der Waals surface area contributed by atoms with Gasteiger partial charge in [0, 0.05) is 44.4 Å². The molecule has 1 saturated heterocycles. The van der Waals surface area contributed by atoms with E-state index in [1.54, 1.807) is 47.4 Å². The van der Waals surface area contributed by atoms with Crippen molar-refractivity contribution in [3.63, 3.8) is 0 Å². The number of aryl methyl sites for hydroxylation is 1. The zero-order valence-electron chi connectivity index (χ0n) is 18.0. The summed E-state index contributed by atoms with van der Waals surface area (Å²) in [5.41, 5.74) is 0.852. The highest BCUT2D eigenvalue weighted by atomic mass is 19.1. The van der Waals surface area contributed by atoms with E-state index in [1.165, 1.54) is 18.2 Å². The topological polar surface area (TPSA) is 87.5 Å². The Hall–Kier alpha value is -4.01. The number of nitrogens with one attached hydrogen (secondary N) is 1. The van der Waals surface area contributed by atoms with Crippen LogP contribution in [0.4, 0.5) is 15.8 Å². The van der Waals surface area contributed by atoms with Crippen LogP contribution >= 0.6 is 0 Å². The summed E-state index contributed by atoms with van der Waals surface area (Å²) in [4.78, 5) is 40.9. The monoisotopic (exact) mass is 449 g/mol. The number of nitrogens with zero attached hydrogens (tertiary/aromatic N) is 4. The maximum atomic E-state index is 14.0. The lowest BCUT2D eigenvalue weighted by molar-refractivity contribution is -0.131. The molecular formula is C24H24FN5O3. The zero-order valence-corrected chi connectivity index (χ0v) is 18.0. The van der Waals surface area contributed by atoms with Crippen LogP contribution in [0.2, 0.25) is 0 Å². The second kappa shape index (κ2) is 10.1. The maximum absolute atomic E-state index is 14.0. The molecule has 0 aliphatic carbocycles. The molecule has 2 heterocycles. The number of amides is 2. The quantitative estimate of drug-likeness (QED) is 0.624. The van der Waals surface area contributed by atoms with Crippen molar-refractivity contribution in [1.29, 1.82) is 0 Å². The first-order chi connectivity index (χ1) is 16.0. The van der Waals surface area contributed by atoms with Gasteiger partial charge in [-0.1, -0.05) is 30.3 Å². The Bertz CT molecular complexity index is 1190. The van der Waals surface area contributed by atoms with E-state index < -0.39 is 5.91 Å². The van der Waals surface area contributed by atoms with Crippen LogP contribution in [0.5, 0.6) is 0 Å². The van der Waals surface area contributed by atoms with Gasteiger partial charge >= 0.3 is 0 Å². The van der Waals surface area contributed by atoms with Gasteiger partial charge in [-0.05, 0) is 30.3 Å². The van der Waals surface area contributed by atoms with Crippen LogP contribution in [-0.2, 0) is 11.3 Å². The van der Waals surface area contributed by atoms with Crippen LogP contribution in [0, 0.1) is 5.82 Å². The molecule has 1 aliphatic rings. The highest BCUT2D eigenvalue weighted by Gasteiger charge is 2.22. The minimum atomic E-state index is -0.439. The Morgan fingerprint density at radius 2 is 1.61 bits per heavy atom. The number of piperazine rings is 1. The molecule has 4 rings (SSSR count). The normalized spacial score (nSPS) is 13.6. The molecule has 33 heavy (non-hydrogen) atoms. The van der Waals surface area contributed by atoms with Crippen LogP contribution in [0.1, 0.15) is 16.9 Å². The fourth-order valence-electron chi connectivity index (χ4n) is 3.71. The largest absolute Gasteiger partial charge is 0.366 e. The standard InChI is InChI=1S/C24H24FN5O3/c25-19-8-4-5-9-21(19)28-14-16-29(17-15-28)22(31)12-13-30-23(32)11-10-20(27-30)24(33)26-18-6-2-1-3-7-18/h1-11H,12-17H2,(H,26,33). The van der Waals surface area contributed by atoms with Gasteiger partial charge in [0.2, 0.25) is 5.91 Å². The summed E-state index contributed by atoms with van der Waals surface area (Å²) < 4.78 is 15.1. The molecule has 0 saturated carbocycles. The van der Waals surface area contributed by atoms with Gasteiger partial charge < -0.3 is 15.1 Å². The molecule has 3 aromatic rings. The zero-order chi connectivity index (χ0) is 23.2. The second-order valence-electron chi connectivity index (χ2n) is 7.67. The molecule has 2 amide bonds. The molecule has 9 heteroatoms. The molecule has 1 N–H and O–H groups in total. The molecule has 0 unspecified atom stereocenters. The van der Waals surface area contributed by atoms with Gasteiger partial charge in [-0.3, -0.25) is 14.4 Å². The molecule has 0 atom stereocenters. The van der Waals surface area contributed by atoms with E-state index in [1.807, 2.05) is 11.0 Å². The van der Waals surface area contributed by atoms with Crippen molar-refractivity contribution < 1.29 is 14.0 Å². The van der Waals surface area contributed by atoms with Crippen molar-refractivity contribution >= 4 is 23.2 Å². The number of halogens is 1. The predicted octanol–water partition coefficient (Wildman–Crippen LogP) is 2.37. The van der Waals surface area contributed by atoms with E-state index in [4.69, 9.17) is 0 Å². The first-order valence-electron chi connectivity index (χ1n) is 10.7. The van der Waals surface area contributed by atoms with Crippen molar-refractivity contribution in [3.05, 3.63) is 88.6 Å². The Kier molecular flexibility index (Phi) is 6.77. The fourth-order valence-corrected chi connectivity index (χ4v) is 3.71. The number of hydrogen-bond acceptors (Lipinski definition) is 5. The molecule has 170 valence electrons. The summed E-state index contributed by atoms with van der Waals surface area (Å²) >= 11 is 0. The van der Waals surface area contributed by atoms with Crippen molar-refractivity contribution in [3.8, 4) is 0 Å². The molecule has 2 aromatic carbocycles. The average Bonchev–Trinajstić information content (AvgIpc) is 2.84. The molecule has 0 radical (unpaired) electrons. The average molecular weight is 449 g/mol. The lowest BCUT2D eigenvalue weighted by Crippen LogP contribution is -2.49. The molecule has 1 aliphatic heterocycles. The number of para-hydroxylation sites is 2. The highest BCUT2D eigenvalue weighted by Crippen LogP contribution is 2.20. The van der Waals surface area contributed by atoms with E-state index >= 15 is 0 Å². The molecule has 1 fully saturated rings. The summed E-state index contributed by atoms with van der Waals surface area (Å²) in [6, 6.07) is 18.1. The van der Waals surface area contributed by atoms with Gasteiger partial charge in [0.05, 0.1) is 12.2 Å². The molecule has 1 aromatic heterocycles. The minimum Gasteiger partial charge on any atom is -0.366 e. The maximum Gasteiger partial charge on any atom is 0.276 e. The molecule has 8 nitrogen and oxygen atoms in total. The molecular weight excluding hydrogens is 425 g/mol. The van der Waals surface area contributed by atoms with Crippen molar-refractivity contribution in [1.82, 2.24) is 14.7 Å². The summed E-state index contributed by atoms with van der Waals surface area (Å²) in [7, 11) is 0. The number of carbonyl (C=O) groups is 2. The van der Waals surface area contributed by atoms with Crippen LogP contribution in [0.25, 0.3) is 0 Å². The van der Waals surface area contributed by atoms with Gasteiger partial charge in [0.15, 0.2) is 0 Å². The predicted molar refractivity (Wildman–Crippen MR) is 123 cm³/mol. The third-order valence-corrected chi connectivity index (χ3v) is 5.49. The number of aromatic nitrogens is 2. The molecule has 0 spiro atoms. The van der Waals surface area contributed by atoms with Crippen molar-refractivity contribution in [2.75, 3.05) is 36.4 Å². The number of rotatable bonds is 6. The number of anilines is 2. The third kappa shape index (κ3) is 5.43. The van der Waals surface area contributed by atoms with E-state index in [0.717, 1.165) is 4.68 Å². The fraction of sp³-hybridized carbons (Fsp3) is 0.250. The van der Waals surface area contributed by atoms with Crippen molar-refractivity contribution in [2.24, 2.45) is 0 Å². The molecule has 0 bridgehead atoms. The van der Waals surface area contributed by atoms with Crippen molar-refractivity contribution in [2.45, 2.75) is 13.0 Å². The van der Waals surface area contributed by atoms with Gasteiger partial charge in [0.1, 0.15) is 11.5 Å². The van der Waals surface area contributed by atoms with E-state index in [2.05, 4.69) is 10.4 Å². The number of hydrogen-bond donors (Lipinski definition) is 1. The minimum absolute atomic E-state index is 0.0671. The smallest absolute Gasteiger partial charge is 0.276 e. The lowest BCUT2D eigenvalue weighted by atomic mass is 10.2. The van der Waals surface area contributed by atoms with Gasteiger partial charge in [-0.15, -0.1) is 0 Å². The Morgan fingerprint density at radius 1 is 0.909 bits per heavy atom. The van der Waals surface area contributed by atoms with Crippen LogP contribution in [0.3, 0.4) is 0 Å². The highest BCUT2D eigenvalue weighted by molar-refractivity contribution is 6.02. The third-order valence-electron chi connectivity index (χ3n) is 5.49. The summed E-state index contributed by atoms with van der Waals surface area (Å²) in [5.74, 6) is -0.833. The number of carbonyl (C=O) groups excluding carboxylic acids is 2. The Morgan fingerprint density at radius 3 is 2.33 bits per heavy atom. The van der Waals surface area contributed by atoms with Gasteiger partial charge in [-0.2, -0.15) is 5.10 Å². The Labute approximate surface area is 190 Å². The second-order valence-corrected chi connectivity index (χ2v) is 7.67. The van der Waals surface area contributed by atoms with Gasteiger partial charge in [-0.25, -0.2) is 9.07 Å². The first-order valence-corrected chi connectivity index (χ1v) is 10.7. The van der Waals surface area contributed by atoms with E-state index in [0.29, 0.717) is 37.6 Å².